The summed E-state index contributed by atoms with van der Waals surface area (Å²) in [7, 11) is 3.47. The average molecular weight is 546 g/mol. The normalized spacial score (nSPS) is 11.6. The lowest BCUT2D eigenvalue weighted by Gasteiger charge is -2.15. The summed E-state index contributed by atoms with van der Waals surface area (Å²) >= 11 is 0. The van der Waals surface area contributed by atoms with Crippen molar-refractivity contribution in [1.82, 2.24) is 4.90 Å². The Kier molecular flexibility index (Phi) is 30.4. The van der Waals surface area contributed by atoms with Gasteiger partial charge in [0.2, 0.25) is 5.91 Å². The third-order valence-electron chi connectivity index (χ3n) is 6.12. The van der Waals surface area contributed by atoms with Gasteiger partial charge in [-0.25, -0.2) is 0 Å². The lowest BCUT2D eigenvalue weighted by atomic mass is 10.0. The van der Waals surface area contributed by atoms with Crippen LogP contribution in [-0.2, 0) is 19.1 Å². The van der Waals surface area contributed by atoms with Crippen LogP contribution in [0.3, 0.4) is 0 Å². The molecule has 0 aromatic rings. The van der Waals surface area contributed by atoms with Crippen LogP contribution in [0.5, 0.6) is 0 Å². The fourth-order valence-electron chi connectivity index (χ4n) is 3.27. The van der Waals surface area contributed by atoms with Gasteiger partial charge in [0, 0.05) is 6.42 Å². The topological polar surface area (TPSA) is 136 Å². The summed E-state index contributed by atoms with van der Waals surface area (Å²) in [6.07, 6.45) is 21.7. The first-order valence-electron chi connectivity index (χ1n) is 14.9. The molecule has 1 amide bonds. The molecular formula is C30H63N3O5. The van der Waals surface area contributed by atoms with Crippen LogP contribution in [0.2, 0.25) is 0 Å². The highest BCUT2D eigenvalue weighted by atomic mass is 16.5. The summed E-state index contributed by atoms with van der Waals surface area (Å²) < 4.78 is 4.79. The minimum absolute atomic E-state index is 0.153. The summed E-state index contributed by atoms with van der Waals surface area (Å²) in [6.45, 7) is 9.58. The maximum absolute atomic E-state index is 10.9. The maximum Gasteiger partial charge on any atom is 0.325 e. The Morgan fingerprint density at radius 2 is 1.13 bits per heavy atom. The molecule has 0 saturated heterocycles. The van der Waals surface area contributed by atoms with Crippen molar-refractivity contribution in [1.29, 1.82) is 0 Å². The van der Waals surface area contributed by atoms with Gasteiger partial charge in [0.15, 0.2) is 0 Å². The van der Waals surface area contributed by atoms with E-state index in [1.165, 1.54) is 89.9 Å². The zero-order valence-electron chi connectivity index (χ0n) is 26.0. The molecule has 8 heteroatoms. The van der Waals surface area contributed by atoms with Crippen molar-refractivity contribution in [2.45, 2.75) is 155 Å². The number of carboxylic acid groups (broad SMARTS) is 1. The third-order valence-corrected chi connectivity index (χ3v) is 6.12. The number of carbonyl (C=O) groups excluding carboxylic acids is 2. The molecule has 38 heavy (non-hydrogen) atoms. The minimum atomic E-state index is -0.852. The lowest BCUT2D eigenvalue weighted by Crippen LogP contribution is -2.42. The summed E-state index contributed by atoms with van der Waals surface area (Å²) in [5.41, 5.74) is 9.70. The van der Waals surface area contributed by atoms with Gasteiger partial charge in [-0.15, -0.1) is 0 Å². The molecule has 0 heterocycles. The van der Waals surface area contributed by atoms with Crippen molar-refractivity contribution in [3.05, 3.63) is 0 Å². The first-order chi connectivity index (χ1) is 17.8. The van der Waals surface area contributed by atoms with Crippen molar-refractivity contribution in [3.63, 3.8) is 0 Å². The predicted molar refractivity (Wildman–Crippen MR) is 159 cm³/mol. The van der Waals surface area contributed by atoms with Gasteiger partial charge in [-0.2, -0.15) is 0 Å². The number of carbonyl (C=O) groups is 3. The van der Waals surface area contributed by atoms with Gasteiger partial charge in [0.25, 0.3) is 0 Å². The van der Waals surface area contributed by atoms with Gasteiger partial charge in [-0.1, -0.05) is 104 Å². The van der Waals surface area contributed by atoms with Gasteiger partial charge in [0.05, 0.1) is 6.61 Å². The smallest absolute Gasteiger partial charge is 0.325 e. The fourth-order valence-corrected chi connectivity index (χ4v) is 3.27. The Balaban J connectivity index is -0.000000564. The number of ether oxygens (including phenoxy) is 1. The Hall–Kier alpha value is -1.67. The van der Waals surface area contributed by atoms with Crippen LogP contribution in [0.4, 0.5) is 0 Å². The van der Waals surface area contributed by atoms with E-state index in [9.17, 15) is 14.4 Å². The maximum atomic E-state index is 10.9. The van der Waals surface area contributed by atoms with E-state index in [-0.39, 0.29) is 17.9 Å². The van der Waals surface area contributed by atoms with Gasteiger partial charge >= 0.3 is 11.9 Å². The van der Waals surface area contributed by atoms with Gasteiger partial charge < -0.3 is 21.3 Å². The molecule has 0 aliphatic rings. The fraction of sp³-hybridized carbons (Fsp3) is 0.900. The average Bonchev–Trinajstić information content (AvgIpc) is 2.84. The first-order valence-corrected chi connectivity index (χ1v) is 14.9. The number of nitrogens with two attached hydrogens (primary N) is 2. The standard InChI is InChI=1S/C18H37NO.C7H15NO2.C5H11NO2/c1-2-3-4-5-6-7-8-9-10-11-12-13-14-15-16-17-18(19)20;1-4-5-10-6(9)7(2,3)8;1-4(5(7)8)6(2)3/h2-17H2,1H3,(H2,19,20);4-5,8H2,1-3H3;4H,1-3H3,(H,7,8). The highest BCUT2D eigenvalue weighted by Crippen LogP contribution is 2.13. The number of hydrogen-bond donors (Lipinski definition) is 3. The van der Waals surface area contributed by atoms with E-state index in [4.69, 9.17) is 21.3 Å². The molecule has 1 unspecified atom stereocenters. The van der Waals surface area contributed by atoms with Crippen LogP contribution in [0.1, 0.15) is 144 Å². The zero-order chi connectivity index (χ0) is 29.8. The zero-order valence-corrected chi connectivity index (χ0v) is 26.0. The molecule has 0 bridgehead atoms. The van der Waals surface area contributed by atoms with Gasteiger partial charge in [0.1, 0.15) is 11.6 Å². The number of esters is 1. The molecule has 0 aliphatic carbocycles. The quantitative estimate of drug-likeness (QED) is 0.112. The Morgan fingerprint density at radius 3 is 1.37 bits per heavy atom. The Bertz CT molecular complexity index is 563. The molecule has 0 aliphatic heterocycles. The number of primary amides is 1. The number of aliphatic carboxylic acids is 1. The molecule has 0 aromatic heterocycles. The second-order valence-corrected chi connectivity index (χ2v) is 11.0. The molecule has 1 atom stereocenters. The minimum Gasteiger partial charge on any atom is -0.480 e. The van der Waals surface area contributed by atoms with Gasteiger partial charge in [-0.05, 0) is 47.7 Å². The molecule has 8 nitrogen and oxygen atoms in total. The van der Waals surface area contributed by atoms with Crippen molar-refractivity contribution in [2.24, 2.45) is 11.5 Å². The number of hydrogen-bond acceptors (Lipinski definition) is 6. The van der Waals surface area contributed by atoms with E-state index in [0.717, 1.165) is 12.8 Å². The molecule has 0 aromatic carbocycles. The first kappa shape index (κ1) is 40.8. The summed E-state index contributed by atoms with van der Waals surface area (Å²) in [5, 5.41) is 8.31. The predicted octanol–water partition coefficient (Wildman–Crippen LogP) is 6.43. The van der Waals surface area contributed by atoms with Crippen LogP contribution in [-0.4, -0.2) is 60.1 Å². The Labute approximate surface area is 234 Å². The lowest BCUT2D eigenvalue weighted by molar-refractivity contribution is -0.148. The molecule has 0 saturated carbocycles. The number of amides is 1. The van der Waals surface area contributed by atoms with Crippen LogP contribution >= 0.6 is 0 Å². The van der Waals surface area contributed by atoms with Crippen LogP contribution in [0, 0.1) is 0 Å². The number of rotatable bonds is 21. The van der Waals surface area contributed by atoms with Crippen molar-refractivity contribution >= 4 is 17.8 Å². The van der Waals surface area contributed by atoms with Crippen LogP contribution < -0.4 is 11.5 Å². The molecule has 0 rings (SSSR count). The molecule has 228 valence electrons. The summed E-state index contributed by atoms with van der Waals surface area (Å²) in [6, 6.07) is -0.380. The van der Waals surface area contributed by atoms with E-state index in [0.29, 0.717) is 13.0 Å². The number of nitrogens with zero attached hydrogens (tertiary/aromatic N) is 1. The van der Waals surface area contributed by atoms with Crippen LogP contribution in [0.15, 0.2) is 0 Å². The second-order valence-electron chi connectivity index (χ2n) is 11.0. The molecule has 0 spiro atoms. The number of likely N-dealkylation sites (N-methyl/N-ethyl adjacent to an activating group) is 1. The molecule has 5 N–H and O–H groups in total. The molecular weight excluding hydrogens is 482 g/mol. The number of unbranched alkanes of at least 4 members (excludes halogenated alkanes) is 14. The van der Waals surface area contributed by atoms with E-state index in [1.807, 2.05) is 6.92 Å². The third kappa shape index (κ3) is 34.3. The largest absolute Gasteiger partial charge is 0.480 e. The molecule has 0 fully saturated rings. The summed E-state index contributed by atoms with van der Waals surface area (Å²) in [5.74, 6) is -1.27. The second kappa shape index (κ2) is 28.3. The summed E-state index contributed by atoms with van der Waals surface area (Å²) in [4.78, 5) is 33.2. The SMILES string of the molecule is CC(C(=O)O)N(C)C.CCCCCCCCCCCCCCCCCC(N)=O.CCCOC(=O)C(C)(C)N. The Morgan fingerprint density at radius 1 is 0.763 bits per heavy atom. The van der Waals surface area contributed by atoms with E-state index in [1.54, 1.807) is 39.8 Å². The molecule has 0 radical (unpaired) electrons. The monoisotopic (exact) mass is 545 g/mol. The van der Waals surface area contributed by atoms with Gasteiger partial charge in [-0.3, -0.25) is 19.3 Å². The van der Waals surface area contributed by atoms with Crippen molar-refractivity contribution in [3.8, 4) is 0 Å². The van der Waals surface area contributed by atoms with E-state index >= 15 is 0 Å². The highest BCUT2D eigenvalue weighted by molar-refractivity contribution is 5.79. The highest BCUT2D eigenvalue weighted by Gasteiger charge is 2.22. The van der Waals surface area contributed by atoms with Crippen LogP contribution in [0.25, 0.3) is 0 Å². The van der Waals surface area contributed by atoms with E-state index in [2.05, 4.69) is 6.92 Å². The number of carboxylic acids is 1. The van der Waals surface area contributed by atoms with Crippen molar-refractivity contribution < 1.29 is 24.2 Å². The van der Waals surface area contributed by atoms with E-state index < -0.39 is 11.5 Å². The van der Waals surface area contributed by atoms with Crippen molar-refractivity contribution in [2.75, 3.05) is 20.7 Å².